The highest BCUT2D eigenvalue weighted by Crippen LogP contribution is 2.48. The largest absolute Gasteiger partial charge is 0.366 e. The lowest BCUT2D eigenvalue weighted by Crippen LogP contribution is -2.46. The maximum Gasteiger partial charge on any atom is 0.252 e. The van der Waals surface area contributed by atoms with E-state index in [0.717, 1.165) is 81.1 Å². The van der Waals surface area contributed by atoms with Crippen LogP contribution < -0.4 is 15.4 Å². The molecule has 3 heterocycles. The molecule has 2 aliphatic heterocycles. The minimum absolute atomic E-state index is 0.124. The van der Waals surface area contributed by atoms with Gasteiger partial charge >= 0.3 is 0 Å². The summed E-state index contributed by atoms with van der Waals surface area (Å²) >= 11 is 6.45. The van der Waals surface area contributed by atoms with Crippen molar-refractivity contribution in [3.8, 4) is 0 Å². The number of anilines is 2. The molecule has 1 aromatic heterocycles. The zero-order valence-electron chi connectivity index (χ0n) is 19.7. The SMILES string of the molecule is O=c1[nH]c(N2CCC3(CC2)CN(CC2=CCC=CC=C2)c2cc(Cl)ccc23)cc2c1CCCC2. The van der Waals surface area contributed by atoms with Gasteiger partial charge in [-0.05, 0) is 79.8 Å². The number of rotatable bonds is 3. The van der Waals surface area contributed by atoms with Crippen molar-refractivity contribution in [2.24, 2.45) is 0 Å². The standard InChI is InChI=1S/C29H32ClN3O/c30-23-11-12-25-26(18-23)33(19-21-7-3-1-2-4-8-21)20-29(25)13-15-32(16-14-29)27-17-22-9-5-6-10-24(22)28(34)31-27/h1-3,7-8,11-12,17-18H,4-6,9-10,13-16,19-20H2,(H,31,34). The van der Waals surface area contributed by atoms with Gasteiger partial charge < -0.3 is 14.8 Å². The molecule has 2 aromatic rings. The first kappa shape index (κ1) is 21.8. The first-order valence-corrected chi connectivity index (χ1v) is 13.1. The molecule has 1 N–H and O–H groups in total. The molecule has 4 aliphatic rings. The lowest BCUT2D eigenvalue weighted by Gasteiger charge is -2.41. The number of aromatic amines is 1. The minimum atomic E-state index is 0.124. The summed E-state index contributed by atoms with van der Waals surface area (Å²) in [5, 5.41) is 0.803. The van der Waals surface area contributed by atoms with Crippen LogP contribution in [0.1, 0.15) is 48.8 Å². The molecule has 1 spiro atoms. The van der Waals surface area contributed by atoms with Crippen LogP contribution in [0, 0.1) is 0 Å². The van der Waals surface area contributed by atoms with Crippen molar-refractivity contribution >= 4 is 23.1 Å². The second-order valence-corrected chi connectivity index (χ2v) is 10.7. The summed E-state index contributed by atoms with van der Waals surface area (Å²) in [4.78, 5) is 20.8. The smallest absolute Gasteiger partial charge is 0.252 e. The lowest BCUT2D eigenvalue weighted by atomic mass is 9.74. The zero-order valence-corrected chi connectivity index (χ0v) is 20.4. The molecular weight excluding hydrogens is 442 g/mol. The molecule has 4 nitrogen and oxygen atoms in total. The number of H-pyrrole nitrogens is 1. The Balaban J connectivity index is 1.24. The van der Waals surface area contributed by atoms with Gasteiger partial charge in [0.15, 0.2) is 0 Å². The van der Waals surface area contributed by atoms with Crippen LogP contribution in [0.15, 0.2) is 65.0 Å². The van der Waals surface area contributed by atoms with Crippen molar-refractivity contribution in [1.29, 1.82) is 0 Å². The van der Waals surface area contributed by atoms with E-state index in [1.165, 1.54) is 28.8 Å². The van der Waals surface area contributed by atoms with Crippen LogP contribution in [-0.4, -0.2) is 31.2 Å². The number of aryl methyl sites for hydroxylation is 1. The van der Waals surface area contributed by atoms with Crippen LogP contribution in [0.4, 0.5) is 11.5 Å². The van der Waals surface area contributed by atoms with Gasteiger partial charge in [0.25, 0.3) is 5.56 Å². The number of fused-ring (bicyclic) bond motifs is 3. The van der Waals surface area contributed by atoms with E-state index in [1.807, 2.05) is 6.07 Å². The highest BCUT2D eigenvalue weighted by molar-refractivity contribution is 6.30. The van der Waals surface area contributed by atoms with Crippen molar-refractivity contribution in [3.05, 3.63) is 92.3 Å². The summed E-state index contributed by atoms with van der Waals surface area (Å²) < 4.78 is 0. The molecule has 1 fully saturated rings. The summed E-state index contributed by atoms with van der Waals surface area (Å²) in [6.07, 6.45) is 18.4. The molecule has 1 aromatic carbocycles. The second kappa shape index (κ2) is 8.81. The van der Waals surface area contributed by atoms with Crippen molar-refractivity contribution in [1.82, 2.24) is 4.98 Å². The Morgan fingerprint density at radius 2 is 1.91 bits per heavy atom. The van der Waals surface area contributed by atoms with E-state index in [0.29, 0.717) is 0 Å². The minimum Gasteiger partial charge on any atom is -0.366 e. The van der Waals surface area contributed by atoms with Crippen LogP contribution in [0.25, 0.3) is 0 Å². The Hall–Kier alpha value is -2.72. The molecule has 2 aliphatic carbocycles. The van der Waals surface area contributed by atoms with Gasteiger partial charge in [-0.2, -0.15) is 0 Å². The fourth-order valence-corrected chi connectivity index (χ4v) is 6.53. The molecule has 0 unspecified atom stereocenters. The van der Waals surface area contributed by atoms with Crippen LogP contribution in [0.3, 0.4) is 0 Å². The third-order valence-electron chi connectivity index (χ3n) is 8.21. The summed E-state index contributed by atoms with van der Waals surface area (Å²) in [5.74, 6) is 1.01. The Kier molecular flexibility index (Phi) is 5.65. The lowest BCUT2D eigenvalue weighted by molar-refractivity contribution is 0.350. The molecule has 0 amide bonds. The molecule has 6 rings (SSSR count). The van der Waals surface area contributed by atoms with E-state index in [2.05, 4.69) is 63.4 Å². The average Bonchev–Trinajstić information content (AvgIpc) is 2.99. The van der Waals surface area contributed by atoms with E-state index < -0.39 is 0 Å². The summed E-state index contributed by atoms with van der Waals surface area (Å²) in [5.41, 5.74) is 6.62. The number of aromatic nitrogens is 1. The van der Waals surface area contributed by atoms with E-state index >= 15 is 0 Å². The van der Waals surface area contributed by atoms with Gasteiger partial charge in [-0.15, -0.1) is 0 Å². The van der Waals surface area contributed by atoms with Crippen molar-refractivity contribution in [2.75, 3.05) is 36.0 Å². The third kappa shape index (κ3) is 3.92. The predicted molar refractivity (Wildman–Crippen MR) is 141 cm³/mol. The van der Waals surface area contributed by atoms with Gasteiger partial charge in [0.2, 0.25) is 0 Å². The van der Waals surface area contributed by atoms with Gasteiger partial charge in [-0.25, -0.2) is 0 Å². The van der Waals surface area contributed by atoms with Crippen molar-refractivity contribution < 1.29 is 0 Å². The molecule has 0 atom stereocenters. The Labute approximate surface area is 206 Å². The fraction of sp³-hybridized carbons (Fsp3) is 0.414. The average molecular weight is 474 g/mol. The maximum absolute atomic E-state index is 12.7. The number of nitrogens with zero attached hydrogens (tertiary/aromatic N) is 2. The number of piperidine rings is 1. The first-order chi connectivity index (χ1) is 16.6. The van der Waals surface area contributed by atoms with Crippen LogP contribution in [-0.2, 0) is 18.3 Å². The zero-order chi connectivity index (χ0) is 23.1. The molecule has 0 radical (unpaired) electrons. The van der Waals surface area contributed by atoms with Crippen LogP contribution in [0.5, 0.6) is 0 Å². The van der Waals surface area contributed by atoms with Crippen molar-refractivity contribution in [3.63, 3.8) is 0 Å². The van der Waals surface area contributed by atoms with E-state index in [1.54, 1.807) is 0 Å². The molecule has 0 saturated carbocycles. The number of pyridine rings is 1. The Morgan fingerprint density at radius 3 is 2.79 bits per heavy atom. The third-order valence-corrected chi connectivity index (χ3v) is 8.45. The predicted octanol–water partition coefficient (Wildman–Crippen LogP) is 5.71. The topological polar surface area (TPSA) is 39.3 Å². The molecule has 5 heteroatoms. The van der Waals surface area contributed by atoms with Gasteiger partial charge in [-0.1, -0.05) is 48.0 Å². The van der Waals surface area contributed by atoms with Gasteiger partial charge in [0, 0.05) is 47.9 Å². The van der Waals surface area contributed by atoms with Crippen LogP contribution in [0.2, 0.25) is 5.02 Å². The maximum atomic E-state index is 12.7. The van der Waals surface area contributed by atoms with Gasteiger partial charge in [0.1, 0.15) is 5.82 Å². The Bertz CT molecular complexity index is 1250. The fourth-order valence-electron chi connectivity index (χ4n) is 6.37. The highest BCUT2D eigenvalue weighted by Gasteiger charge is 2.44. The molecular formula is C29H32ClN3O. The number of hydrogen-bond donors (Lipinski definition) is 1. The van der Waals surface area contributed by atoms with Gasteiger partial charge in [-0.3, -0.25) is 4.79 Å². The van der Waals surface area contributed by atoms with Crippen LogP contribution >= 0.6 is 11.6 Å². The second-order valence-electron chi connectivity index (χ2n) is 10.3. The molecule has 1 saturated heterocycles. The molecule has 176 valence electrons. The van der Waals surface area contributed by atoms with Gasteiger partial charge in [0.05, 0.1) is 0 Å². The number of halogens is 1. The highest BCUT2D eigenvalue weighted by atomic mass is 35.5. The first-order valence-electron chi connectivity index (χ1n) is 12.7. The normalized spacial score (nSPS) is 20.8. The van der Waals surface area contributed by atoms with E-state index in [4.69, 9.17) is 11.6 Å². The number of allylic oxidation sites excluding steroid dienone is 4. The number of benzene rings is 1. The van der Waals surface area contributed by atoms with Crippen molar-refractivity contribution in [2.45, 2.75) is 50.4 Å². The number of hydrogen-bond acceptors (Lipinski definition) is 3. The van der Waals surface area contributed by atoms with E-state index in [9.17, 15) is 4.79 Å². The summed E-state index contributed by atoms with van der Waals surface area (Å²) in [6, 6.07) is 8.71. The summed E-state index contributed by atoms with van der Waals surface area (Å²) in [6.45, 7) is 3.85. The monoisotopic (exact) mass is 473 g/mol. The quantitative estimate of drug-likeness (QED) is 0.620. The molecule has 0 bridgehead atoms. The Morgan fingerprint density at radius 1 is 1.06 bits per heavy atom. The molecule has 34 heavy (non-hydrogen) atoms. The van der Waals surface area contributed by atoms with E-state index in [-0.39, 0.29) is 11.0 Å². The number of nitrogens with one attached hydrogen (secondary N) is 1. The summed E-state index contributed by atoms with van der Waals surface area (Å²) in [7, 11) is 0.